The molecule has 2 heterocycles. The fourth-order valence-corrected chi connectivity index (χ4v) is 6.81. The van der Waals surface area contributed by atoms with E-state index in [0.717, 1.165) is 72.2 Å². The number of nitrogens with one attached hydrogen (secondary N) is 2. The lowest BCUT2D eigenvalue weighted by molar-refractivity contribution is -0.132. The van der Waals surface area contributed by atoms with Crippen LogP contribution >= 0.6 is 22.7 Å². The second-order valence-corrected chi connectivity index (χ2v) is 9.93. The summed E-state index contributed by atoms with van der Waals surface area (Å²) < 4.78 is 9.81. The first kappa shape index (κ1) is 22.5. The Morgan fingerprint density at radius 1 is 0.656 bits per heavy atom. The first-order valence-corrected chi connectivity index (χ1v) is 12.2. The number of carbonyl (C=O) groups is 4. The second-order valence-electron chi connectivity index (χ2n) is 7.72. The number of amides is 2. The fraction of sp³-hybridized carbons (Fsp3) is 0.455. The van der Waals surface area contributed by atoms with Crippen LogP contribution in [0, 0.1) is 0 Å². The van der Waals surface area contributed by atoms with Gasteiger partial charge in [-0.1, -0.05) is 0 Å². The smallest absolute Gasteiger partial charge is 0.341 e. The molecule has 2 aliphatic carbocycles. The zero-order chi connectivity index (χ0) is 22.8. The number of anilines is 2. The SMILES string of the molecule is COC(=O)c1c(NC(=O)C(=O)Nc2sc3c(c2C(=O)OC)CCCC3)sc2c1CCCC2. The van der Waals surface area contributed by atoms with E-state index in [4.69, 9.17) is 9.47 Å². The third kappa shape index (κ3) is 4.16. The summed E-state index contributed by atoms with van der Waals surface area (Å²) >= 11 is 2.61. The van der Waals surface area contributed by atoms with Gasteiger partial charge >= 0.3 is 23.8 Å². The van der Waals surface area contributed by atoms with Crippen molar-refractivity contribution in [1.29, 1.82) is 0 Å². The van der Waals surface area contributed by atoms with Gasteiger partial charge in [0.2, 0.25) is 0 Å². The van der Waals surface area contributed by atoms with Crippen LogP contribution in [0.25, 0.3) is 0 Å². The van der Waals surface area contributed by atoms with Crippen LogP contribution in [0.2, 0.25) is 0 Å². The molecule has 8 nitrogen and oxygen atoms in total. The van der Waals surface area contributed by atoms with Crippen LogP contribution in [-0.4, -0.2) is 38.0 Å². The molecule has 2 amide bonds. The molecule has 0 unspecified atom stereocenters. The molecule has 32 heavy (non-hydrogen) atoms. The maximum absolute atomic E-state index is 12.7. The minimum atomic E-state index is -0.907. The number of esters is 2. The molecule has 2 N–H and O–H groups in total. The van der Waals surface area contributed by atoms with E-state index in [1.807, 2.05) is 0 Å². The average Bonchev–Trinajstić information content (AvgIpc) is 3.35. The number of methoxy groups -OCH3 is 2. The highest BCUT2D eigenvalue weighted by Crippen LogP contribution is 2.40. The van der Waals surface area contributed by atoms with Crippen molar-refractivity contribution in [3.05, 3.63) is 32.0 Å². The van der Waals surface area contributed by atoms with Crippen LogP contribution < -0.4 is 10.6 Å². The van der Waals surface area contributed by atoms with Gasteiger partial charge in [-0.15, -0.1) is 22.7 Å². The van der Waals surface area contributed by atoms with Crippen molar-refractivity contribution >= 4 is 56.4 Å². The number of carbonyl (C=O) groups excluding carboxylic acids is 4. The first-order valence-electron chi connectivity index (χ1n) is 10.5. The van der Waals surface area contributed by atoms with Gasteiger partial charge in [0.1, 0.15) is 10.0 Å². The molecule has 0 atom stereocenters. The molecule has 0 saturated carbocycles. The fourth-order valence-electron chi connectivity index (χ4n) is 4.26. The predicted octanol–water partition coefficient (Wildman–Crippen LogP) is 3.72. The number of hydrogen-bond donors (Lipinski definition) is 2. The molecule has 0 saturated heterocycles. The molecule has 10 heteroatoms. The highest BCUT2D eigenvalue weighted by Gasteiger charge is 2.30. The van der Waals surface area contributed by atoms with Gasteiger partial charge in [0.15, 0.2) is 0 Å². The standard InChI is InChI=1S/C22H24N2O6S2/c1-29-21(27)15-11-7-3-5-9-13(11)31-19(15)23-17(25)18(26)24-20-16(22(28)30-2)12-8-4-6-10-14(12)32-20/h3-10H2,1-2H3,(H,23,25)(H,24,26). The van der Waals surface area contributed by atoms with E-state index >= 15 is 0 Å². The Morgan fingerprint density at radius 2 is 1.03 bits per heavy atom. The van der Waals surface area contributed by atoms with Crippen molar-refractivity contribution in [2.45, 2.75) is 51.4 Å². The number of aryl methyl sites for hydroxylation is 2. The van der Waals surface area contributed by atoms with Crippen LogP contribution in [0.3, 0.4) is 0 Å². The van der Waals surface area contributed by atoms with Crippen molar-refractivity contribution in [3.63, 3.8) is 0 Å². The first-order chi connectivity index (χ1) is 15.4. The van der Waals surface area contributed by atoms with Crippen molar-refractivity contribution < 1.29 is 28.7 Å². The lowest BCUT2D eigenvalue weighted by Gasteiger charge is -2.12. The predicted molar refractivity (Wildman–Crippen MR) is 122 cm³/mol. The summed E-state index contributed by atoms with van der Waals surface area (Å²) in [6.07, 6.45) is 7.08. The van der Waals surface area contributed by atoms with E-state index in [0.29, 0.717) is 21.1 Å². The van der Waals surface area contributed by atoms with E-state index in [-0.39, 0.29) is 0 Å². The normalized spacial score (nSPS) is 14.7. The molecule has 170 valence electrons. The minimum absolute atomic E-state index is 0.322. The maximum Gasteiger partial charge on any atom is 0.341 e. The Labute approximate surface area is 193 Å². The van der Waals surface area contributed by atoms with Gasteiger partial charge in [0, 0.05) is 9.75 Å². The topological polar surface area (TPSA) is 111 Å². The minimum Gasteiger partial charge on any atom is -0.465 e. The summed E-state index contributed by atoms with van der Waals surface area (Å²) in [4.78, 5) is 52.2. The van der Waals surface area contributed by atoms with Gasteiger partial charge < -0.3 is 20.1 Å². The summed E-state index contributed by atoms with van der Waals surface area (Å²) in [5, 5.41) is 5.81. The number of rotatable bonds is 4. The summed E-state index contributed by atoms with van der Waals surface area (Å²) in [5.74, 6) is -2.87. The second kappa shape index (κ2) is 9.41. The molecule has 2 aliphatic rings. The highest BCUT2D eigenvalue weighted by atomic mass is 32.1. The van der Waals surface area contributed by atoms with Gasteiger partial charge in [-0.25, -0.2) is 9.59 Å². The zero-order valence-corrected chi connectivity index (χ0v) is 19.6. The van der Waals surface area contributed by atoms with Crippen LogP contribution in [0.4, 0.5) is 10.0 Å². The maximum atomic E-state index is 12.7. The van der Waals surface area contributed by atoms with E-state index in [1.165, 1.54) is 36.9 Å². The Hall–Kier alpha value is -2.72. The number of ether oxygens (including phenoxy) is 2. The third-order valence-corrected chi connectivity index (χ3v) is 8.20. The zero-order valence-electron chi connectivity index (χ0n) is 17.9. The monoisotopic (exact) mass is 476 g/mol. The van der Waals surface area contributed by atoms with Crippen LogP contribution in [0.5, 0.6) is 0 Å². The number of thiophene rings is 2. The van der Waals surface area contributed by atoms with E-state index < -0.39 is 23.8 Å². The van der Waals surface area contributed by atoms with Crippen molar-refractivity contribution in [2.75, 3.05) is 24.9 Å². The van der Waals surface area contributed by atoms with Gasteiger partial charge in [-0.05, 0) is 62.5 Å². The molecule has 0 aliphatic heterocycles. The summed E-state index contributed by atoms with van der Waals surface area (Å²) in [6.45, 7) is 0. The molecule has 0 radical (unpaired) electrons. The molecule has 2 aromatic rings. The van der Waals surface area contributed by atoms with Gasteiger partial charge in [0.05, 0.1) is 25.3 Å². The summed E-state index contributed by atoms with van der Waals surface area (Å²) in [6, 6.07) is 0. The molecule has 0 bridgehead atoms. The molecule has 2 aromatic heterocycles. The van der Waals surface area contributed by atoms with Gasteiger partial charge in [-0.3, -0.25) is 9.59 Å². The summed E-state index contributed by atoms with van der Waals surface area (Å²) in [5.41, 5.74) is 2.44. The van der Waals surface area contributed by atoms with E-state index in [1.54, 1.807) is 0 Å². The van der Waals surface area contributed by atoms with Crippen molar-refractivity contribution in [2.24, 2.45) is 0 Å². The number of hydrogen-bond acceptors (Lipinski definition) is 8. The van der Waals surface area contributed by atoms with Crippen molar-refractivity contribution in [1.82, 2.24) is 0 Å². The average molecular weight is 477 g/mol. The molecule has 4 rings (SSSR count). The van der Waals surface area contributed by atoms with E-state index in [9.17, 15) is 19.2 Å². The lowest BCUT2D eigenvalue weighted by atomic mass is 9.95. The molecule has 0 fully saturated rings. The lowest BCUT2D eigenvalue weighted by Crippen LogP contribution is -2.29. The Bertz CT molecular complexity index is 1010. The van der Waals surface area contributed by atoms with Crippen LogP contribution in [0.1, 0.15) is 67.3 Å². The highest BCUT2D eigenvalue weighted by molar-refractivity contribution is 7.17. The van der Waals surface area contributed by atoms with Crippen LogP contribution in [-0.2, 0) is 44.7 Å². The van der Waals surface area contributed by atoms with Gasteiger partial charge in [0.25, 0.3) is 0 Å². The molecular weight excluding hydrogens is 452 g/mol. The molecular formula is C22H24N2O6S2. The Morgan fingerprint density at radius 3 is 1.41 bits per heavy atom. The van der Waals surface area contributed by atoms with Crippen molar-refractivity contribution in [3.8, 4) is 0 Å². The molecule has 0 spiro atoms. The number of fused-ring (bicyclic) bond motifs is 2. The molecule has 0 aromatic carbocycles. The van der Waals surface area contributed by atoms with Gasteiger partial charge in [-0.2, -0.15) is 0 Å². The summed E-state index contributed by atoms with van der Waals surface area (Å²) in [7, 11) is 2.58. The third-order valence-electron chi connectivity index (χ3n) is 5.78. The largest absolute Gasteiger partial charge is 0.465 e. The Balaban J connectivity index is 1.57. The van der Waals surface area contributed by atoms with E-state index in [2.05, 4.69) is 10.6 Å². The van der Waals surface area contributed by atoms with Crippen LogP contribution in [0.15, 0.2) is 0 Å². The Kier molecular flexibility index (Phi) is 6.61. The quantitative estimate of drug-likeness (QED) is 0.514.